The zero-order valence-corrected chi connectivity index (χ0v) is 6.00. The van der Waals surface area contributed by atoms with Crippen LogP contribution in [0, 0.1) is 0 Å². The SMILES string of the molecule is C[O+]=[C-]/C=C/C1=CC=CC1. The third-order valence-electron chi connectivity index (χ3n) is 1.28. The molecule has 1 aliphatic carbocycles. The summed E-state index contributed by atoms with van der Waals surface area (Å²) in [6, 6.07) is 0. The first kappa shape index (κ1) is 7.00. The van der Waals surface area contributed by atoms with E-state index in [1.165, 1.54) is 5.57 Å². The molecule has 0 spiro atoms. The van der Waals surface area contributed by atoms with Crippen molar-refractivity contribution in [1.82, 2.24) is 0 Å². The lowest BCUT2D eigenvalue weighted by atomic mass is 10.2. The van der Waals surface area contributed by atoms with E-state index in [0.717, 1.165) is 6.42 Å². The van der Waals surface area contributed by atoms with Gasteiger partial charge in [-0.05, 0) is 6.42 Å². The number of carbonyl (C=O) groups excluding carboxylic acids is 1. The van der Waals surface area contributed by atoms with Crippen LogP contribution < -0.4 is 0 Å². The molecule has 0 atom stereocenters. The summed E-state index contributed by atoms with van der Waals surface area (Å²) in [6.07, 6.45) is 13.7. The van der Waals surface area contributed by atoms with E-state index in [2.05, 4.69) is 22.9 Å². The fourth-order valence-corrected chi connectivity index (χ4v) is 0.797. The zero-order chi connectivity index (χ0) is 7.23. The molecule has 1 aliphatic rings. The standard InChI is InChI=1S/C9H10O/c1-10-8-4-7-9-5-2-3-6-9/h2-5,7H,6H2,1H3/b7-4+. The zero-order valence-electron chi connectivity index (χ0n) is 6.00. The second kappa shape index (κ2) is 3.83. The van der Waals surface area contributed by atoms with E-state index in [4.69, 9.17) is 0 Å². The molecule has 0 radical (unpaired) electrons. The summed E-state index contributed by atoms with van der Waals surface area (Å²) in [5.74, 6) is 0. The van der Waals surface area contributed by atoms with Crippen molar-refractivity contribution in [2.75, 3.05) is 7.11 Å². The quantitative estimate of drug-likeness (QED) is 0.309. The van der Waals surface area contributed by atoms with E-state index in [1.54, 1.807) is 13.2 Å². The Morgan fingerprint density at radius 2 is 2.60 bits per heavy atom. The molecule has 0 aromatic rings. The molecule has 52 valence electrons. The van der Waals surface area contributed by atoms with Crippen LogP contribution in [-0.2, 0) is 4.42 Å². The molecule has 0 unspecified atom stereocenters. The van der Waals surface area contributed by atoms with Gasteiger partial charge in [-0.3, -0.25) is 0 Å². The topological polar surface area (TPSA) is 11.3 Å². The Labute approximate surface area is 61.1 Å². The summed E-state index contributed by atoms with van der Waals surface area (Å²) in [4.78, 5) is 0. The van der Waals surface area contributed by atoms with Crippen LogP contribution in [0.1, 0.15) is 6.42 Å². The Balaban J connectivity index is 2.39. The van der Waals surface area contributed by atoms with Crippen LogP contribution in [0.15, 0.2) is 36.0 Å². The fourth-order valence-electron chi connectivity index (χ4n) is 0.797. The average molecular weight is 134 g/mol. The van der Waals surface area contributed by atoms with Crippen LogP contribution in [-0.4, -0.2) is 13.4 Å². The van der Waals surface area contributed by atoms with Gasteiger partial charge in [0, 0.05) is 0 Å². The van der Waals surface area contributed by atoms with Crippen molar-refractivity contribution in [2.45, 2.75) is 6.42 Å². The third-order valence-corrected chi connectivity index (χ3v) is 1.28. The molecule has 0 N–H and O–H groups in total. The molecule has 0 amide bonds. The number of allylic oxidation sites excluding steroid dienone is 6. The minimum atomic E-state index is 1.03. The molecule has 1 nitrogen and oxygen atoms in total. The highest BCUT2D eigenvalue weighted by Gasteiger charge is 1.86. The molecule has 1 rings (SSSR count). The third kappa shape index (κ3) is 2.02. The van der Waals surface area contributed by atoms with Gasteiger partial charge in [-0.25, -0.2) is 0 Å². The number of hydrogen-bond donors (Lipinski definition) is 0. The maximum Gasteiger partial charge on any atom is 0.229 e. The van der Waals surface area contributed by atoms with E-state index >= 15 is 0 Å². The van der Waals surface area contributed by atoms with Gasteiger partial charge in [0.1, 0.15) is 0 Å². The summed E-state index contributed by atoms with van der Waals surface area (Å²) >= 11 is 0. The lowest BCUT2D eigenvalue weighted by molar-refractivity contribution is 0.186. The summed E-state index contributed by atoms with van der Waals surface area (Å²) in [6.45, 7) is 0. The van der Waals surface area contributed by atoms with Crippen molar-refractivity contribution in [3.05, 3.63) is 36.0 Å². The summed E-state index contributed by atoms with van der Waals surface area (Å²) in [5, 5.41) is 0. The van der Waals surface area contributed by atoms with E-state index in [0.29, 0.717) is 0 Å². The highest BCUT2D eigenvalue weighted by molar-refractivity contribution is 5.67. The first-order chi connectivity index (χ1) is 4.93. The molecule has 0 fully saturated rings. The second-order valence-corrected chi connectivity index (χ2v) is 2.03. The summed E-state index contributed by atoms with van der Waals surface area (Å²) in [7, 11) is 1.59. The van der Waals surface area contributed by atoms with Crippen molar-refractivity contribution in [3.8, 4) is 0 Å². The van der Waals surface area contributed by atoms with Gasteiger partial charge in [0.15, 0.2) is 0 Å². The minimum Gasteiger partial charge on any atom is -0.355 e. The monoisotopic (exact) mass is 134 g/mol. The van der Waals surface area contributed by atoms with Gasteiger partial charge in [0.05, 0.1) is 0 Å². The lowest BCUT2D eigenvalue weighted by Crippen LogP contribution is -1.71. The van der Waals surface area contributed by atoms with E-state index < -0.39 is 0 Å². The van der Waals surface area contributed by atoms with Crippen molar-refractivity contribution < 1.29 is 4.42 Å². The lowest BCUT2D eigenvalue weighted by Gasteiger charge is -1.92. The second-order valence-electron chi connectivity index (χ2n) is 2.03. The van der Waals surface area contributed by atoms with Crippen molar-refractivity contribution >= 4 is 6.29 Å². The fraction of sp³-hybridized carbons (Fsp3) is 0.222. The van der Waals surface area contributed by atoms with Crippen molar-refractivity contribution in [3.63, 3.8) is 0 Å². The molecule has 0 bridgehead atoms. The molecule has 0 saturated carbocycles. The molecule has 0 heterocycles. The Kier molecular flexibility index (Phi) is 2.68. The maximum atomic E-state index is 4.62. The molecule has 0 aliphatic heterocycles. The van der Waals surface area contributed by atoms with E-state index in [1.807, 2.05) is 12.2 Å². The number of rotatable bonds is 2. The largest absolute Gasteiger partial charge is 0.355 e. The van der Waals surface area contributed by atoms with Gasteiger partial charge in [-0.15, -0.1) is 11.6 Å². The maximum absolute atomic E-state index is 4.62. The first-order valence-corrected chi connectivity index (χ1v) is 3.24. The molecule has 0 saturated heterocycles. The van der Waals surface area contributed by atoms with Crippen LogP contribution in [0.25, 0.3) is 0 Å². The average Bonchev–Trinajstić information content (AvgIpc) is 2.41. The summed E-state index contributed by atoms with van der Waals surface area (Å²) < 4.78 is 4.62. The number of hydrogen-bond acceptors (Lipinski definition) is 0. The van der Waals surface area contributed by atoms with Crippen LogP contribution in [0.3, 0.4) is 0 Å². The van der Waals surface area contributed by atoms with Gasteiger partial charge >= 0.3 is 0 Å². The molecular weight excluding hydrogens is 124 g/mol. The molecule has 10 heavy (non-hydrogen) atoms. The Bertz CT molecular complexity index is 207. The van der Waals surface area contributed by atoms with Crippen LogP contribution in [0.4, 0.5) is 0 Å². The van der Waals surface area contributed by atoms with Gasteiger partial charge < -0.3 is 4.42 Å². The smallest absolute Gasteiger partial charge is 0.229 e. The predicted octanol–water partition coefficient (Wildman–Crippen LogP) is 1.70. The molecular formula is C9H10O. The van der Waals surface area contributed by atoms with Gasteiger partial charge in [-0.1, -0.05) is 18.2 Å². The highest BCUT2D eigenvalue weighted by Crippen LogP contribution is 2.10. The Morgan fingerprint density at radius 3 is 3.20 bits per heavy atom. The van der Waals surface area contributed by atoms with Crippen molar-refractivity contribution in [1.29, 1.82) is 0 Å². The normalized spacial score (nSPS) is 17.5. The van der Waals surface area contributed by atoms with Crippen LogP contribution >= 0.6 is 0 Å². The van der Waals surface area contributed by atoms with E-state index in [9.17, 15) is 0 Å². The van der Waals surface area contributed by atoms with Gasteiger partial charge in [0.2, 0.25) is 13.4 Å². The van der Waals surface area contributed by atoms with Crippen LogP contribution in [0.5, 0.6) is 0 Å². The summed E-state index contributed by atoms with van der Waals surface area (Å²) in [5.41, 5.74) is 1.30. The van der Waals surface area contributed by atoms with Gasteiger partial charge in [-0.2, -0.15) is 6.08 Å². The van der Waals surface area contributed by atoms with Crippen molar-refractivity contribution in [2.24, 2.45) is 0 Å². The van der Waals surface area contributed by atoms with Crippen LogP contribution in [0.2, 0.25) is 0 Å². The Morgan fingerprint density at radius 1 is 1.70 bits per heavy atom. The minimum absolute atomic E-state index is 1.03. The highest BCUT2D eigenvalue weighted by atomic mass is 16.4. The predicted molar refractivity (Wildman–Crippen MR) is 42.6 cm³/mol. The molecule has 1 heteroatoms. The molecule has 0 aromatic heterocycles. The Hall–Kier alpha value is -1.11. The first-order valence-electron chi connectivity index (χ1n) is 3.24. The molecule has 0 aromatic carbocycles. The van der Waals surface area contributed by atoms with E-state index in [-0.39, 0.29) is 0 Å². The van der Waals surface area contributed by atoms with Gasteiger partial charge in [0.25, 0.3) is 0 Å².